The van der Waals surface area contributed by atoms with Crippen molar-refractivity contribution in [3.63, 3.8) is 0 Å². The molecule has 3 aromatic rings. The summed E-state index contributed by atoms with van der Waals surface area (Å²) in [5, 5.41) is 0. The highest BCUT2D eigenvalue weighted by Crippen LogP contribution is 2.27. The fourth-order valence-corrected chi connectivity index (χ4v) is 2.80. The number of carbonyl (C=O) groups excluding carboxylic acids is 1. The Labute approximate surface area is 128 Å². The van der Waals surface area contributed by atoms with Gasteiger partial charge in [0.25, 0.3) is 0 Å². The van der Waals surface area contributed by atoms with Crippen LogP contribution in [0.1, 0.15) is 15.9 Å². The molecule has 101 valence electrons. The molecule has 21 heavy (non-hydrogen) atoms. The van der Waals surface area contributed by atoms with E-state index in [4.69, 9.17) is 0 Å². The summed E-state index contributed by atoms with van der Waals surface area (Å²) >= 11 is 1.64. The summed E-state index contributed by atoms with van der Waals surface area (Å²) in [6.07, 6.45) is 0. The van der Waals surface area contributed by atoms with E-state index in [0.29, 0.717) is 11.1 Å². The van der Waals surface area contributed by atoms with Crippen LogP contribution in [-0.2, 0) is 0 Å². The van der Waals surface area contributed by atoms with Gasteiger partial charge < -0.3 is 0 Å². The van der Waals surface area contributed by atoms with E-state index in [1.54, 1.807) is 11.8 Å². The van der Waals surface area contributed by atoms with Gasteiger partial charge in [0, 0.05) is 20.9 Å². The predicted octanol–water partition coefficient (Wildman–Crippen LogP) is 4.87. The van der Waals surface area contributed by atoms with Crippen molar-refractivity contribution in [2.24, 2.45) is 0 Å². The number of hydrogen-bond donors (Lipinski definition) is 0. The highest BCUT2D eigenvalue weighted by Gasteiger charge is 2.08. The van der Waals surface area contributed by atoms with Crippen molar-refractivity contribution < 1.29 is 4.79 Å². The first-order valence-corrected chi connectivity index (χ1v) is 7.49. The second-order valence-corrected chi connectivity index (χ2v) is 5.66. The summed E-state index contributed by atoms with van der Waals surface area (Å²) in [5.74, 6) is 0.0541. The minimum Gasteiger partial charge on any atom is -0.289 e. The second kappa shape index (κ2) is 6.42. The van der Waals surface area contributed by atoms with E-state index in [0.717, 1.165) is 9.79 Å². The van der Waals surface area contributed by atoms with Gasteiger partial charge >= 0.3 is 0 Å². The monoisotopic (exact) mass is 289 g/mol. The minimum absolute atomic E-state index is 0.0541. The van der Waals surface area contributed by atoms with E-state index < -0.39 is 0 Å². The average molecular weight is 289 g/mol. The van der Waals surface area contributed by atoms with E-state index in [9.17, 15) is 4.79 Å². The lowest BCUT2D eigenvalue weighted by Crippen LogP contribution is -2.00. The van der Waals surface area contributed by atoms with Crippen molar-refractivity contribution in [1.29, 1.82) is 0 Å². The molecule has 0 amide bonds. The van der Waals surface area contributed by atoms with Gasteiger partial charge in [-0.3, -0.25) is 4.79 Å². The van der Waals surface area contributed by atoms with Crippen molar-refractivity contribution in [1.82, 2.24) is 0 Å². The molecule has 3 aromatic carbocycles. The molecule has 0 saturated carbocycles. The Kier molecular flexibility index (Phi) is 4.17. The van der Waals surface area contributed by atoms with Gasteiger partial charge in [0.1, 0.15) is 0 Å². The molecular formula is C19H13OS. The number of rotatable bonds is 4. The first-order chi connectivity index (χ1) is 10.3. The Balaban J connectivity index is 1.77. The zero-order valence-electron chi connectivity index (χ0n) is 11.3. The van der Waals surface area contributed by atoms with Crippen LogP contribution in [0.4, 0.5) is 0 Å². The Morgan fingerprint density at radius 3 is 2.10 bits per heavy atom. The maximum Gasteiger partial charge on any atom is 0.193 e. The molecule has 1 radical (unpaired) electrons. The van der Waals surface area contributed by atoms with Crippen LogP contribution in [0, 0.1) is 6.07 Å². The zero-order valence-corrected chi connectivity index (χ0v) is 12.1. The van der Waals surface area contributed by atoms with Crippen molar-refractivity contribution >= 4 is 17.5 Å². The largest absolute Gasteiger partial charge is 0.289 e. The molecule has 2 heteroatoms. The quantitative estimate of drug-likeness (QED) is 0.637. The van der Waals surface area contributed by atoms with E-state index >= 15 is 0 Å². The molecule has 0 aliphatic carbocycles. The van der Waals surface area contributed by atoms with Gasteiger partial charge in [-0.15, -0.1) is 0 Å². The smallest absolute Gasteiger partial charge is 0.193 e. The van der Waals surface area contributed by atoms with Gasteiger partial charge in [-0.25, -0.2) is 0 Å². The highest BCUT2D eigenvalue weighted by molar-refractivity contribution is 7.99. The van der Waals surface area contributed by atoms with Crippen LogP contribution in [0.2, 0.25) is 0 Å². The van der Waals surface area contributed by atoms with Gasteiger partial charge in [0.2, 0.25) is 0 Å². The summed E-state index contributed by atoms with van der Waals surface area (Å²) in [5.41, 5.74) is 1.43. The molecule has 0 aliphatic rings. The molecule has 0 aliphatic heterocycles. The molecule has 0 atom stereocenters. The molecule has 0 heterocycles. The third-order valence-corrected chi connectivity index (χ3v) is 4.04. The lowest BCUT2D eigenvalue weighted by molar-refractivity contribution is 0.103. The van der Waals surface area contributed by atoms with Crippen LogP contribution < -0.4 is 0 Å². The van der Waals surface area contributed by atoms with E-state index in [-0.39, 0.29) is 5.78 Å². The van der Waals surface area contributed by atoms with Crippen LogP contribution in [-0.4, -0.2) is 5.78 Å². The third kappa shape index (κ3) is 3.41. The number of carbonyl (C=O) groups is 1. The SMILES string of the molecule is O=C(c1ccccc1)c1ccc(Sc2[c]cccc2)cc1. The molecule has 0 bridgehead atoms. The Morgan fingerprint density at radius 2 is 1.43 bits per heavy atom. The maximum absolute atomic E-state index is 12.3. The number of benzene rings is 3. The van der Waals surface area contributed by atoms with E-state index in [1.165, 1.54) is 0 Å². The maximum atomic E-state index is 12.3. The van der Waals surface area contributed by atoms with Gasteiger partial charge in [-0.2, -0.15) is 0 Å². The zero-order chi connectivity index (χ0) is 14.5. The molecule has 0 spiro atoms. The first-order valence-electron chi connectivity index (χ1n) is 6.67. The standard InChI is InChI=1S/C19H13OS/c20-19(15-7-3-1-4-8-15)16-11-13-18(14-12-16)21-17-9-5-2-6-10-17/h1-9,11-14H. The van der Waals surface area contributed by atoms with E-state index in [2.05, 4.69) is 6.07 Å². The molecule has 0 aromatic heterocycles. The summed E-state index contributed by atoms with van der Waals surface area (Å²) in [7, 11) is 0. The van der Waals surface area contributed by atoms with Gasteiger partial charge in [0.05, 0.1) is 0 Å². The van der Waals surface area contributed by atoms with Gasteiger partial charge in [-0.05, 0) is 36.4 Å². The topological polar surface area (TPSA) is 17.1 Å². The van der Waals surface area contributed by atoms with Crippen molar-refractivity contribution in [3.8, 4) is 0 Å². The minimum atomic E-state index is 0.0541. The fraction of sp³-hybridized carbons (Fsp3) is 0. The normalized spacial score (nSPS) is 10.3. The summed E-state index contributed by atoms with van der Waals surface area (Å²) in [6, 6.07) is 28.1. The van der Waals surface area contributed by atoms with Gasteiger partial charge in [-0.1, -0.05) is 60.3 Å². The first kappa shape index (κ1) is 13.7. The van der Waals surface area contributed by atoms with Crippen molar-refractivity contribution in [3.05, 3.63) is 96.1 Å². The van der Waals surface area contributed by atoms with Gasteiger partial charge in [0.15, 0.2) is 5.78 Å². The third-order valence-electron chi connectivity index (χ3n) is 3.06. The molecule has 0 fully saturated rings. The average Bonchev–Trinajstić information content (AvgIpc) is 2.57. The number of ketones is 1. The highest BCUT2D eigenvalue weighted by atomic mass is 32.2. The van der Waals surface area contributed by atoms with Crippen LogP contribution in [0.3, 0.4) is 0 Å². The lowest BCUT2D eigenvalue weighted by atomic mass is 10.0. The summed E-state index contributed by atoms with van der Waals surface area (Å²) in [6.45, 7) is 0. The van der Waals surface area contributed by atoms with Crippen molar-refractivity contribution in [2.75, 3.05) is 0 Å². The molecule has 1 nitrogen and oxygen atoms in total. The van der Waals surface area contributed by atoms with Crippen LogP contribution in [0.25, 0.3) is 0 Å². The Bertz CT molecular complexity index is 719. The van der Waals surface area contributed by atoms with Crippen LogP contribution >= 0.6 is 11.8 Å². The lowest BCUT2D eigenvalue weighted by Gasteiger charge is -2.04. The van der Waals surface area contributed by atoms with Crippen molar-refractivity contribution in [2.45, 2.75) is 9.79 Å². The van der Waals surface area contributed by atoms with E-state index in [1.807, 2.05) is 78.9 Å². The Hall–Kier alpha value is -2.32. The molecule has 3 rings (SSSR count). The predicted molar refractivity (Wildman–Crippen MR) is 85.7 cm³/mol. The van der Waals surface area contributed by atoms with Crippen LogP contribution in [0.5, 0.6) is 0 Å². The second-order valence-electron chi connectivity index (χ2n) is 4.55. The molecular weight excluding hydrogens is 276 g/mol. The number of hydrogen-bond acceptors (Lipinski definition) is 2. The summed E-state index contributed by atoms with van der Waals surface area (Å²) in [4.78, 5) is 14.5. The summed E-state index contributed by atoms with van der Waals surface area (Å²) < 4.78 is 0. The fourth-order valence-electron chi connectivity index (χ4n) is 2.00. The Morgan fingerprint density at radius 1 is 0.762 bits per heavy atom. The molecule has 0 N–H and O–H groups in total. The van der Waals surface area contributed by atoms with Crippen LogP contribution in [0.15, 0.2) is 88.7 Å². The molecule has 0 saturated heterocycles. The molecule has 0 unspecified atom stereocenters.